The van der Waals surface area contributed by atoms with Gasteiger partial charge in [-0.25, -0.2) is 4.79 Å². The van der Waals surface area contributed by atoms with E-state index in [4.69, 9.17) is 28.3 Å². The monoisotopic (exact) mass is 488 g/mol. The van der Waals surface area contributed by atoms with Gasteiger partial charge in [-0.3, -0.25) is 9.59 Å². The number of halogens is 2. The average molecular weight is 489 g/mol. The van der Waals surface area contributed by atoms with Crippen LogP contribution in [0.1, 0.15) is 15.9 Å². The first-order valence-electron chi connectivity index (χ1n) is 9.40. The van der Waals surface area contributed by atoms with E-state index in [-0.39, 0.29) is 34.6 Å². The molecule has 3 rings (SSSR count). The number of nitrogens with one attached hydrogen (secondary N) is 2. The molecule has 3 aromatic carbocycles. The summed E-state index contributed by atoms with van der Waals surface area (Å²) >= 11 is 13.0. The first-order chi connectivity index (χ1) is 15.3. The number of carbonyl (C=O) groups excluding carboxylic acids is 2. The molecule has 9 heteroatoms. The van der Waals surface area contributed by atoms with Crippen molar-refractivity contribution >= 4 is 64.1 Å². The second kappa shape index (κ2) is 11.0. The molecule has 0 aliphatic carbocycles. The lowest BCUT2D eigenvalue weighted by Crippen LogP contribution is -2.15. The Bertz CT molecular complexity index is 1150. The maximum Gasteiger partial charge on any atom is 0.337 e. The fraction of sp³-hybridized carbons (Fsp3) is 0.0870. The standard InChI is InChI=1S/C23H18Cl2N2O4S/c24-15-6-4-14(5-7-15)10-21(28)26-16-2-1-3-18(11-16)32-13-22(29)27-17-8-9-20(25)19(12-17)23(30)31/h1-9,11-12H,10,13H2,(H,26,28)(H,27,29)(H,30,31). The van der Waals surface area contributed by atoms with Crippen molar-refractivity contribution in [3.8, 4) is 0 Å². The van der Waals surface area contributed by atoms with E-state index >= 15 is 0 Å². The predicted octanol–water partition coefficient (Wildman–Crippen LogP) is 5.60. The largest absolute Gasteiger partial charge is 0.478 e. The molecule has 6 nitrogen and oxygen atoms in total. The minimum absolute atomic E-state index is 0.0841. The van der Waals surface area contributed by atoms with Gasteiger partial charge in [0.05, 0.1) is 22.8 Å². The summed E-state index contributed by atoms with van der Waals surface area (Å²) < 4.78 is 0. The smallest absolute Gasteiger partial charge is 0.337 e. The molecule has 0 spiro atoms. The SMILES string of the molecule is O=C(CSc1cccc(NC(=O)Cc2ccc(Cl)cc2)c1)Nc1ccc(Cl)c(C(=O)O)c1. The number of rotatable bonds is 8. The van der Waals surface area contributed by atoms with Crippen molar-refractivity contribution in [1.82, 2.24) is 0 Å². The Morgan fingerprint density at radius 2 is 1.53 bits per heavy atom. The van der Waals surface area contributed by atoms with E-state index in [9.17, 15) is 14.4 Å². The normalized spacial score (nSPS) is 10.4. The highest BCUT2D eigenvalue weighted by molar-refractivity contribution is 8.00. The van der Waals surface area contributed by atoms with Gasteiger partial charge in [-0.05, 0) is 54.1 Å². The van der Waals surface area contributed by atoms with Crippen molar-refractivity contribution in [1.29, 1.82) is 0 Å². The van der Waals surface area contributed by atoms with E-state index in [0.29, 0.717) is 16.4 Å². The molecule has 0 atom stereocenters. The molecule has 0 bridgehead atoms. The number of amides is 2. The lowest BCUT2D eigenvalue weighted by Gasteiger charge is -2.09. The molecule has 0 heterocycles. The van der Waals surface area contributed by atoms with Crippen LogP contribution in [-0.4, -0.2) is 28.6 Å². The van der Waals surface area contributed by atoms with Gasteiger partial charge in [-0.15, -0.1) is 11.8 Å². The van der Waals surface area contributed by atoms with Crippen molar-refractivity contribution < 1.29 is 19.5 Å². The molecule has 0 aliphatic rings. The number of aromatic carboxylic acids is 1. The predicted molar refractivity (Wildman–Crippen MR) is 128 cm³/mol. The van der Waals surface area contributed by atoms with Gasteiger partial charge in [-0.1, -0.05) is 41.4 Å². The van der Waals surface area contributed by atoms with E-state index in [1.165, 1.54) is 30.0 Å². The van der Waals surface area contributed by atoms with Crippen LogP contribution in [-0.2, 0) is 16.0 Å². The van der Waals surface area contributed by atoms with Crippen LogP contribution >= 0.6 is 35.0 Å². The molecule has 32 heavy (non-hydrogen) atoms. The first kappa shape index (κ1) is 23.7. The zero-order valence-electron chi connectivity index (χ0n) is 16.6. The Hall–Kier alpha value is -3.00. The van der Waals surface area contributed by atoms with Crippen LogP contribution in [0.2, 0.25) is 10.0 Å². The Morgan fingerprint density at radius 3 is 2.25 bits per heavy atom. The van der Waals surface area contributed by atoms with Crippen LogP contribution < -0.4 is 10.6 Å². The fourth-order valence-corrected chi connectivity index (χ4v) is 3.85. The van der Waals surface area contributed by atoms with Crippen LogP contribution in [0.5, 0.6) is 0 Å². The molecular weight excluding hydrogens is 471 g/mol. The van der Waals surface area contributed by atoms with Crippen molar-refractivity contribution in [2.75, 3.05) is 16.4 Å². The molecule has 0 unspecified atom stereocenters. The van der Waals surface area contributed by atoms with Gasteiger partial charge in [-0.2, -0.15) is 0 Å². The highest BCUT2D eigenvalue weighted by Crippen LogP contribution is 2.24. The van der Waals surface area contributed by atoms with Crippen LogP contribution in [0.15, 0.2) is 71.6 Å². The summed E-state index contributed by atoms with van der Waals surface area (Å²) in [6, 6.07) is 18.5. The molecule has 0 aromatic heterocycles. The van der Waals surface area contributed by atoms with Crippen LogP contribution in [0.4, 0.5) is 11.4 Å². The van der Waals surface area contributed by atoms with Crippen LogP contribution in [0, 0.1) is 0 Å². The van der Waals surface area contributed by atoms with Gasteiger partial charge in [0.15, 0.2) is 0 Å². The zero-order chi connectivity index (χ0) is 23.1. The van der Waals surface area contributed by atoms with Crippen molar-refractivity contribution in [2.45, 2.75) is 11.3 Å². The van der Waals surface area contributed by atoms with Gasteiger partial charge in [0.2, 0.25) is 11.8 Å². The highest BCUT2D eigenvalue weighted by Gasteiger charge is 2.11. The second-order valence-electron chi connectivity index (χ2n) is 6.72. The lowest BCUT2D eigenvalue weighted by molar-refractivity contribution is -0.115. The van der Waals surface area contributed by atoms with Gasteiger partial charge in [0.1, 0.15) is 0 Å². The zero-order valence-corrected chi connectivity index (χ0v) is 18.9. The summed E-state index contributed by atoms with van der Waals surface area (Å²) in [5, 5.41) is 15.3. The summed E-state index contributed by atoms with van der Waals surface area (Å²) in [4.78, 5) is 36.5. The molecule has 0 fully saturated rings. The molecule has 3 aromatic rings. The van der Waals surface area contributed by atoms with E-state index in [1.807, 2.05) is 6.07 Å². The third kappa shape index (κ3) is 7.02. The minimum atomic E-state index is -1.17. The number of thioether (sulfide) groups is 1. The van der Waals surface area contributed by atoms with Gasteiger partial charge in [0, 0.05) is 21.3 Å². The molecule has 0 saturated heterocycles. The Kier molecular flexibility index (Phi) is 8.16. The maximum atomic E-state index is 12.3. The third-order valence-corrected chi connectivity index (χ3v) is 5.82. The van der Waals surface area contributed by atoms with E-state index in [0.717, 1.165) is 10.5 Å². The fourth-order valence-electron chi connectivity index (χ4n) is 2.77. The quantitative estimate of drug-likeness (QED) is 0.358. The van der Waals surface area contributed by atoms with Gasteiger partial charge in [0.25, 0.3) is 0 Å². The highest BCUT2D eigenvalue weighted by atomic mass is 35.5. The second-order valence-corrected chi connectivity index (χ2v) is 8.61. The minimum Gasteiger partial charge on any atom is -0.478 e. The molecule has 164 valence electrons. The molecule has 3 N–H and O–H groups in total. The number of anilines is 2. The molecule has 0 radical (unpaired) electrons. The van der Waals surface area contributed by atoms with E-state index in [1.54, 1.807) is 42.5 Å². The van der Waals surface area contributed by atoms with Crippen LogP contribution in [0.25, 0.3) is 0 Å². The molecule has 2 amide bonds. The summed E-state index contributed by atoms with van der Waals surface area (Å²) in [5.41, 5.74) is 1.74. The number of benzene rings is 3. The number of hydrogen-bond acceptors (Lipinski definition) is 4. The van der Waals surface area contributed by atoms with Crippen molar-refractivity contribution in [2.24, 2.45) is 0 Å². The maximum absolute atomic E-state index is 12.3. The van der Waals surface area contributed by atoms with Crippen LogP contribution in [0.3, 0.4) is 0 Å². The Balaban J connectivity index is 1.53. The summed E-state index contributed by atoms with van der Waals surface area (Å²) in [6.45, 7) is 0. The topological polar surface area (TPSA) is 95.5 Å². The third-order valence-electron chi connectivity index (χ3n) is 4.25. The molecule has 0 aliphatic heterocycles. The lowest BCUT2D eigenvalue weighted by atomic mass is 10.1. The molecular formula is C23H18Cl2N2O4S. The van der Waals surface area contributed by atoms with Gasteiger partial charge < -0.3 is 15.7 Å². The van der Waals surface area contributed by atoms with E-state index < -0.39 is 5.97 Å². The number of hydrogen-bond donors (Lipinski definition) is 3. The average Bonchev–Trinajstić information content (AvgIpc) is 2.75. The Labute approximate surface area is 198 Å². The van der Waals surface area contributed by atoms with Gasteiger partial charge >= 0.3 is 5.97 Å². The first-order valence-corrected chi connectivity index (χ1v) is 11.1. The Morgan fingerprint density at radius 1 is 0.844 bits per heavy atom. The summed E-state index contributed by atoms with van der Waals surface area (Å²) in [6.07, 6.45) is 0.219. The number of carboxylic acid groups (broad SMARTS) is 1. The van der Waals surface area contributed by atoms with Crippen molar-refractivity contribution in [3.05, 3.63) is 87.9 Å². The summed E-state index contributed by atoms with van der Waals surface area (Å²) in [7, 11) is 0. The number of carbonyl (C=O) groups is 3. The molecule has 0 saturated carbocycles. The van der Waals surface area contributed by atoms with Crippen molar-refractivity contribution in [3.63, 3.8) is 0 Å². The number of carboxylic acids is 1. The summed E-state index contributed by atoms with van der Waals surface area (Å²) in [5.74, 6) is -1.53. The van der Waals surface area contributed by atoms with E-state index in [2.05, 4.69) is 10.6 Å².